The highest BCUT2D eigenvalue weighted by molar-refractivity contribution is 4.63. The summed E-state index contributed by atoms with van der Waals surface area (Å²) in [4.78, 5) is 3.47. The molecule has 78 valence electrons. The maximum atomic E-state index is 4.02. The molecule has 5 N–H and O–H groups in total. The van der Waals surface area contributed by atoms with Crippen molar-refractivity contribution in [3.05, 3.63) is 0 Å². The lowest BCUT2D eigenvalue weighted by Gasteiger charge is -2.31. The second-order valence-corrected chi connectivity index (χ2v) is 5.30. The fourth-order valence-electron chi connectivity index (χ4n) is 1.97. The van der Waals surface area contributed by atoms with Crippen molar-refractivity contribution in [3.63, 3.8) is 0 Å². The zero-order valence-electron chi connectivity index (χ0n) is 9.45. The number of quaternary nitrogens is 3. The Morgan fingerprint density at radius 2 is 1.69 bits per heavy atom. The van der Waals surface area contributed by atoms with Gasteiger partial charge in [-0.2, -0.15) is 0 Å². The van der Waals surface area contributed by atoms with Gasteiger partial charge in [0.2, 0.25) is 0 Å². The smallest absolute Gasteiger partial charge is 0.127 e. The lowest BCUT2D eigenvalue weighted by molar-refractivity contribution is -1.01. The van der Waals surface area contributed by atoms with Gasteiger partial charge in [0, 0.05) is 0 Å². The summed E-state index contributed by atoms with van der Waals surface area (Å²) in [5.74, 6) is 0. The molecule has 1 aliphatic heterocycles. The predicted molar refractivity (Wildman–Crippen MR) is 53.7 cm³/mol. The van der Waals surface area contributed by atoms with Gasteiger partial charge < -0.3 is 15.5 Å². The van der Waals surface area contributed by atoms with Gasteiger partial charge in [0.25, 0.3) is 0 Å². The van der Waals surface area contributed by atoms with E-state index in [1.54, 1.807) is 9.80 Å². The fraction of sp³-hybridized carbons (Fsp3) is 1.00. The van der Waals surface area contributed by atoms with E-state index < -0.39 is 0 Å². The molecular weight excluding hydrogens is 162 g/mol. The zero-order chi connectivity index (χ0) is 9.90. The number of hydrogen-bond donors (Lipinski definition) is 3. The molecule has 3 heteroatoms. The van der Waals surface area contributed by atoms with Crippen molar-refractivity contribution in [2.24, 2.45) is 5.41 Å². The highest BCUT2D eigenvalue weighted by Gasteiger charge is 2.28. The molecule has 13 heavy (non-hydrogen) atoms. The van der Waals surface area contributed by atoms with Crippen LogP contribution >= 0.6 is 0 Å². The Morgan fingerprint density at radius 1 is 1.15 bits per heavy atom. The molecule has 0 aromatic heterocycles. The Hall–Kier alpha value is -0.120. The van der Waals surface area contributed by atoms with Gasteiger partial charge in [-0.3, -0.25) is 0 Å². The third kappa shape index (κ3) is 3.63. The second-order valence-electron chi connectivity index (χ2n) is 5.30. The van der Waals surface area contributed by atoms with Gasteiger partial charge in [-0.05, 0) is 13.8 Å². The molecule has 1 heterocycles. The van der Waals surface area contributed by atoms with Gasteiger partial charge in [0.1, 0.15) is 26.2 Å². The molecule has 0 unspecified atom stereocenters. The van der Waals surface area contributed by atoms with Crippen LogP contribution in [0.25, 0.3) is 0 Å². The standard InChI is InChI=1S/C10H23N3/c1-10(2,8-11)9-13-6-4-12(3)5-7-13/h4-9,11H2,1-3H3/p+3. The van der Waals surface area contributed by atoms with Crippen LogP contribution in [0.3, 0.4) is 0 Å². The lowest BCUT2D eigenvalue weighted by atomic mass is 9.93. The molecule has 0 atom stereocenters. The SMILES string of the molecule is C[NH+]1CC[NH+](CC(C)(C)C[NH3+])CC1. The molecule has 3 nitrogen and oxygen atoms in total. The highest BCUT2D eigenvalue weighted by Crippen LogP contribution is 2.07. The van der Waals surface area contributed by atoms with E-state index in [2.05, 4.69) is 26.6 Å². The molecule has 0 saturated carbocycles. The van der Waals surface area contributed by atoms with Crippen molar-refractivity contribution >= 4 is 0 Å². The molecule has 1 fully saturated rings. The molecule has 1 aliphatic rings. The maximum absolute atomic E-state index is 4.02. The van der Waals surface area contributed by atoms with Crippen LogP contribution in [0.4, 0.5) is 0 Å². The van der Waals surface area contributed by atoms with Gasteiger partial charge in [0.05, 0.1) is 25.6 Å². The summed E-state index contributed by atoms with van der Waals surface area (Å²) >= 11 is 0. The Balaban J connectivity index is 2.30. The van der Waals surface area contributed by atoms with Crippen LogP contribution in [0.15, 0.2) is 0 Å². The summed E-state index contributed by atoms with van der Waals surface area (Å²) < 4.78 is 0. The molecule has 0 aromatic rings. The summed E-state index contributed by atoms with van der Waals surface area (Å²) in [6.45, 7) is 12.4. The van der Waals surface area contributed by atoms with E-state index >= 15 is 0 Å². The van der Waals surface area contributed by atoms with Gasteiger partial charge in [-0.1, -0.05) is 0 Å². The number of piperazine rings is 1. The van der Waals surface area contributed by atoms with E-state index in [0.29, 0.717) is 5.41 Å². The molecule has 0 aliphatic carbocycles. The summed E-state index contributed by atoms with van der Waals surface area (Å²) in [6, 6.07) is 0. The van der Waals surface area contributed by atoms with Gasteiger partial charge in [-0.15, -0.1) is 0 Å². The van der Waals surface area contributed by atoms with Crippen LogP contribution in [0, 0.1) is 5.41 Å². The van der Waals surface area contributed by atoms with Crippen LogP contribution in [-0.4, -0.2) is 46.3 Å². The third-order valence-corrected chi connectivity index (χ3v) is 3.22. The Bertz CT molecular complexity index is 148. The van der Waals surface area contributed by atoms with Crippen molar-refractivity contribution in [2.75, 3.05) is 46.3 Å². The first kappa shape index (κ1) is 11.0. The Morgan fingerprint density at radius 3 is 2.15 bits per heavy atom. The minimum Gasteiger partial charge on any atom is -0.357 e. The number of nitrogens with one attached hydrogen (secondary N) is 2. The highest BCUT2D eigenvalue weighted by atomic mass is 15.2. The van der Waals surface area contributed by atoms with Gasteiger partial charge >= 0.3 is 0 Å². The monoisotopic (exact) mass is 188 g/mol. The third-order valence-electron chi connectivity index (χ3n) is 3.22. The van der Waals surface area contributed by atoms with Crippen LogP contribution in [0.1, 0.15) is 13.8 Å². The number of rotatable bonds is 3. The average Bonchev–Trinajstić information content (AvgIpc) is 2.09. The van der Waals surface area contributed by atoms with E-state index in [-0.39, 0.29) is 0 Å². The molecule has 0 radical (unpaired) electrons. The summed E-state index contributed by atoms with van der Waals surface area (Å²) in [5.41, 5.74) is 4.45. The molecule has 1 saturated heterocycles. The van der Waals surface area contributed by atoms with Crippen LogP contribution in [0.5, 0.6) is 0 Å². The summed E-state index contributed by atoms with van der Waals surface area (Å²) in [6.07, 6.45) is 0. The van der Waals surface area contributed by atoms with Crippen molar-refractivity contribution in [3.8, 4) is 0 Å². The van der Waals surface area contributed by atoms with Gasteiger partial charge in [0.15, 0.2) is 0 Å². The first-order valence-electron chi connectivity index (χ1n) is 5.47. The Kier molecular flexibility index (Phi) is 3.71. The summed E-state index contributed by atoms with van der Waals surface area (Å²) in [5, 5.41) is 0. The average molecular weight is 188 g/mol. The van der Waals surface area contributed by atoms with E-state index in [0.717, 1.165) is 6.54 Å². The van der Waals surface area contributed by atoms with Crippen LogP contribution < -0.4 is 15.5 Å². The number of likely N-dealkylation sites (N-methyl/N-ethyl adjacent to an activating group) is 1. The second kappa shape index (κ2) is 4.40. The maximum Gasteiger partial charge on any atom is 0.127 e. The first-order chi connectivity index (χ1) is 6.03. The van der Waals surface area contributed by atoms with E-state index in [1.165, 1.54) is 32.7 Å². The largest absolute Gasteiger partial charge is 0.357 e. The molecule has 0 spiro atoms. The van der Waals surface area contributed by atoms with Crippen molar-refractivity contribution < 1.29 is 15.5 Å². The fourth-order valence-corrected chi connectivity index (χ4v) is 1.97. The van der Waals surface area contributed by atoms with E-state index in [1.807, 2.05) is 0 Å². The quantitative estimate of drug-likeness (QED) is 0.414. The number of hydrogen-bond acceptors (Lipinski definition) is 0. The van der Waals surface area contributed by atoms with Crippen molar-refractivity contribution in [2.45, 2.75) is 13.8 Å². The van der Waals surface area contributed by atoms with E-state index in [9.17, 15) is 0 Å². The van der Waals surface area contributed by atoms with Crippen LogP contribution in [0.2, 0.25) is 0 Å². The molecule has 0 amide bonds. The molecule has 0 aromatic carbocycles. The first-order valence-corrected chi connectivity index (χ1v) is 5.47. The summed E-state index contributed by atoms with van der Waals surface area (Å²) in [7, 11) is 2.29. The van der Waals surface area contributed by atoms with Crippen molar-refractivity contribution in [1.29, 1.82) is 0 Å². The minimum absolute atomic E-state index is 0.431. The molecular formula is C10H26N3+3. The molecule has 1 rings (SSSR count). The normalized spacial score (nSPS) is 30.5. The minimum atomic E-state index is 0.431. The molecule has 0 bridgehead atoms. The lowest BCUT2D eigenvalue weighted by Crippen LogP contribution is -3.27. The van der Waals surface area contributed by atoms with Crippen molar-refractivity contribution in [1.82, 2.24) is 0 Å². The van der Waals surface area contributed by atoms with E-state index in [4.69, 9.17) is 0 Å². The topological polar surface area (TPSA) is 36.5 Å². The predicted octanol–water partition coefficient (Wildman–Crippen LogP) is -3.33. The van der Waals surface area contributed by atoms with Crippen LogP contribution in [-0.2, 0) is 0 Å². The Labute approximate surface area is 81.9 Å². The zero-order valence-corrected chi connectivity index (χ0v) is 9.45. The van der Waals surface area contributed by atoms with Gasteiger partial charge in [-0.25, -0.2) is 0 Å².